The lowest BCUT2D eigenvalue weighted by molar-refractivity contribution is 0.268. The minimum Gasteiger partial charge on any atom is -0.294 e. The molecule has 5 nitrogen and oxygen atoms in total. The van der Waals surface area contributed by atoms with Gasteiger partial charge in [-0.2, -0.15) is 0 Å². The lowest BCUT2D eigenvalue weighted by Crippen LogP contribution is -2.25. The Bertz CT molecular complexity index is 1190. The van der Waals surface area contributed by atoms with Crippen LogP contribution in [0.3, 0.4) is 0 Å². The third kappa shape index (κ3) is 4.42. The van der Waals surface area contributed by atoms with Gasteiger partial charge in [0, 0.05) is 30.2 Å². The van der Waals surface area contributed by atoms with Crippen LogP contribution in [0.15, 0.2) is 65.5 Å². The molecule has 4 rings (SSSR count). The smallest absolute Gasteiger partial charge is 0.272 e. The fourth-order valence-electron chi connectivity index (χ4n) is 3.44. The van der Waals surface area contributed by atoms with Crippen LogP contribution < -0.4 is 5.56 Å². The Morgan fingerprint density at radius 3 is 2.59 bits per heavy atom. The lowest BCUT2D eigenvalue weighted by Gasteiger charge is -2.20. The molecule has 0 aliphatic heterocycles. The molecule has 2 aromatic heterocycles. The number of H-pyrrole nitrogens is 1. The molecule has 0 atom stereocenters. The number of hydrogen-bond donors (Lipinski definition) is 1. The Morgan fingerprint density at radius 2 is 1.86 bits per heavy atom. The van der Waals surface area contributed by atoms with E-state index in [9.17, 15) is 4.79 Å². The van der Waals surface area contributed by atoms with Crippen LogP contribution in [0.5, 0.6) is 0 Å². The second-order valence-corrected chi connectivity index (χ2v) is 7.68. The molecule has 0 bridgehead atoms. The largest absolute Gasteiger partial charge is 0.294 e. The first kappa shape index (κ1) is 19.4. The Hall–Kier alpha value is -2.89. The van der Waals surface area contributed by atoms with Crippen LogP contribution in [-0.2, 0) is 13.1 Å². The molecule has 6 heteroatoms. The van der Waals surface area contributed by atoms with Crippen molar-refractivity contribution < 1.29 is 0 Å². The van der Waals surface area contributed by atoms with E-state index in [1.807, 2.05) is 42.5 Å². The summed E-state index contributed by atoms with van der Waals surface area (Å²) in [6.45, 7) is 6.39. The number of aryl methyl sites for hydroxylation is 1. The van der Waals surface area contributed by atoms with E-state index in [0.717, 1.165) is 35.1 Å². The third-order valence-corrected chi connectivity index (χ3v) is 5.24. The summed E-state index contributed by atoms with van der Waals surface area (Å²) >= 11 is 5.98. The number of aromatic amines is 1. The summed E-state index contributed by atoms with van der Waals surface area (Å²) in [5.41, 5.74) is 5.55. The van der Waals surface area contributed by atoms with Gasteiger partial charge in [0.15, 0.2) is 5.65 Å². The summed E-state index contributed by atoms with van der Waals surface area (Å²) in [7, 11) is 0. The van der Waals surface area contributed by atoms with Gasteiger partial charge >= 0.3 is 0 Å². The van der Waals surface area contributed by atoms with Gasteiger partial charge in [-0.25, -0.2) is 9.50 Å². The molecule has 0 aliphatic rings. The molecule has 0 aliphatic carbocycles. The van der Waals surface area contributed by atoms with Crippen molar-refractivity contribution in [3.8, 4) is 11.3 Å². The maximum absolute atomic E-state index is 12.6. The van der Waals surface area contributed by atoms with E-state index in [2.05, 4.69) is 36.0 Å². The van der Waals surface area contributed by atoms with Gasteiger partial charge in [0.05, 0.1) is 11.4 Å². The van der Waals surface area contributed by atoms with Crippen molar-refractivity contribution in [2.24, 2.45) is 0 Å². The van der Waals surface area contributed by atoms with E-state index in [4.69, 9.17) is 16.6 Å². The van der Waals surface area contributed by atoms with E-state index in [-0.39, 0.29) is 5.56 Å². The Labute approximate surface area is 174 Å². The van der Waals surface area contributed by atoms with Gasteiger partial charge in [0.2, 0.25) is 0 Å². The zero-order chi connectivity index (χ0) is 20.4. The minimum atomic E-state index is -0.105. The second kappa shape index (κ2) is 8.23. The fraction of sp³-hybridized carbons (Fsp3) is 0.217. The maximum Gasteiger partial charge on any atom is 0.272 e. The molecular weight excluding hydrogens is 384 g/mol. The average Bonchev–Trinajstić information content (AvgIpc) is 3.14. The van der Waals surface area contributed by atoms with Crippen molar-refractivity contribution in [3.63, 3.8) is 0 Å². The molecule has 0 amide bonds. The van der Waals surface area contributed by atoms with E-state index in [1.54, 1.807) is 6.07 Å². The van der Waals surface area contributed by atoms with Crippen LogP contribution in [0, 0.1) is 6.92 Å². The molecule has 0 spiro atoms. The van der Waals surface area contributed by atoms with Crippen molar-refractivity contribution in [3.05, 3.63) is 92.9 Å². The maximum atomic E-state index is 12.6. The first-order valence-corrected chi connectivity index (χ1v) is 10.0. The summed E-state index contributed by atoms with van der Waals surface area (Å²) in [4.78, 5) is 19.6. The van der Waals surface area contributed by atoms with Gasteiger partial charge in [0.1, 0.15) is 0 Å². The van der Waals surface area contributed by atoms with Crippen molar-refractivity contribution in [2.45, 2.75) is 26.9 Å². The van der Waals surface area contributed by atoms with Gasteiger partial charge in [-0.05, 0) is 42.8 Å². The number of fused-ring (bicyclic) bond motifs is 1. The number of aromatic nitrogens is 3. The lowest BCUT2D eigenvalue weighted by atomic mass is 10.1. The van der Waals surface area contributed by atoms with Gasteiger partial charge in [-0.3, -0.25) is 14.8 Å². The van der Waals surface area contributed by atoms with E-state index >= 15 is 0 Å². The number of nitrogens with one attached hydrogen (secondary N) is 1. The number of halogens is 1. The summed E-state index contributed by atoms with van der Waals surface area (Å²) in [5.74, 6) is 0. The van der Waals surface area contributed by atoms with E-state index in [1.165, 1.54) is 15.6 Å². The highest BCUT2D eigenvalue weighted by atomic mass is 35.5. The highest BCUT2D eigenvalue weighted by Crippen LogP contribution is 2.20. The molecule has 4 aromatic rings. The molecular formula is C23H23ClN4O. The standard InChI is InChI=1S/C23H23ClN4O/c1-3-27(14-17-7-9-19(24)10-8-17)15-20-12-23(29)28-22(25-20)13-21(26-28)18-6-4-5-16(2)11-18/h4-13,26H,3,14-15H2,1-2H3. The summed E-state index contributed by atoms with van der Waals surface area (Å²) in [6.07, 6.45) is 0. The molecule has 0 saturated heterocycles. The van der Waals surface area contributed by atoms with Crippen LogP contribution in [-0.4, -0.2) is 26.0 Å². The van der Waals surface area contributed by atoms with Crippen LogP contribution in [0.25, 0.3) is 16.9 Å². The van der Waals surface area contributed by atoms with Crippen molar-refractivity contribution in [1.82, 2.24) is 19.5 Å². The van der Waals surface area contributed by atoms with Crippen LogP contribution in [0.1, 0.15) is 23.7 Å². The Balaban J connectivity index is 1.60. The fourth-order valence-corrected chi connectivity index (χ4v) is 3.56. The van der Waals surface area contributed by atoms with Crippen molar-refractivity contribution >= 4 is 17.2 Å². The van der Waals surface area contributed by atoms with E-state index in [0.29, 0.717) is 12.2 Å². The molecule has 2 aromatic carbocycles. The molecule has 148 valence electrons. The zero-order valence-corrected chi connectivity index (χ0v) is 17.3. The first-order chi connectivity index (χ1) is 14.0. The zero-order valence-electron chi connectivity index (χ0n) is 16.5. The van der Waals surface area contributed by atoms with Crippen molar-refractivity contribution in [1.29, 1.82) is 0 Å². The normalized spacial score (nSPS) is 11.4. The predicted octanol–water partition coefficient (Wildman–Crippen LogP) is 4.67. The van der Waals surface area contributed by atoms with Crippen LogP contribution in [0.4, 0.5) is 0 Å². The van der Waals surface area contributed by atoms with Gasteiger partial charge in [-0.15, -0.1) is 0 Å². The Morgan fingerprint density at radius 1 is 1.07 bits per heavy atom. The second-order valence-electron chi connectivity index (χ2n) is 7.25. The predicted molar refractivity (Wildman–Crippen MR) is 117 cm³/mol. The summed E-state index contributed by atoms with van der Waals surface area (Å²) < 4.78 is 1.50. The Kier molecular flexibility index (Phi) is 5.51. The minimum absolute atomic E-state index is 0.105. The molecule has 0 saturated carbocycles. The topological polar surface area (TPSA) is 53.4 Å². The number of hydrogen-bond acceptors (Lipinski definition) is 3. The summed E-state index contributed by atoms with van der Waals surface area (Å²) in [6, 6.07) is 19.5. The molecule has 1 N–H and O–H groups in total. The van der Waals surface area contributed by atoms with Gasteiger partial charge in [0.25, 0.3) is 5.56 Å². The third-order valence-electron chi connectivity index (χ3n) is 4.98. The number of rotatable bonds is 6. The molecule has 0 fully saturated rings. The monoisotopic (exact) mass is 406 g/mol. The van der Waals surface area contributed by atoms with Crippen molar-refractivity contribution in [2.75, 3.05) is 6.54 Å². The SMILES string of the molecule is CCN(Cc1ccc(Cl)cc1)Cc1cc(=O)n2[nH]c(-c3cccc(C)c3)cc2n1. The average molecular weight is 407 g/mol. The quantitative estimate of drug-likeness (QED) is 0.506. The van der Waals surface area contributed by atoms with Crippen LogP contribution >= 0.6 is 11.6 Å². The van der Waals surface area contributed by atoms with Crippen LogP contribution in [0.2, 0.25) is 5.02 Å². The molecule has 29 heavy (non-hydrogen) atoms. The first-order valence-electron chi connectivity index (χ1n) is 9.67. The van der Waals surface area contributed by atoms with Gasteiger partial charge in [-0.1, -0.05) is 54.4 Å². The molecule has 2 heterocycles. The molecule has 0 radical (unpaired) electrons. The van der Waals surface area contributed by atoms with E-state index < -0.39 is 0 Å². The molecule has 0 unspecified atom stereocenters. The highest BCUT2D eigenvalue weighted by Gasteiger charge is 2.11. The van der Waals surface area contributed by atoms with Gasteiger partial charge < -0.3 is 0 Å². The summed E-state index contributed by atoms with van der Waals surface area (Å²) in [5, 5.41) is 3.89. The number of benzene rings is 2. The highest BCUT2D eigenvalue weighted by molar-refractivity contribution is 6.30. The number of nitrogens with zero attached hydrogens (tertiary/aromatic N) is 3.